The molecule has 0 radical (unpaired) electrons. The second-order valence-electron chi connectivity index (χ2n) is 4.82. The number of nitrogen functional groups attached to an aromatic ring is 1. The second-order valence-corrected chi connectivity index (χ2v) is 4.82. The molecule has 0 amide bonds. The van der Waals surface area contributed by atoms with Crippen molar-refractivity contribution in [2.75, 3.05) is 17.7 Å². The fraction of sp³-hybridized carbons (Fsp3) is 0.133. The minimum absolute atomic E-state index is 0.226. The van der Waals surface area contributed by atoms with Crippen molar-refractivity contribution < 1.29 is 4.39 Å². The van der Waals surface area contributed by atoms with Gasteiger partial charge in [0.25, 0.3) is 0 Å². The Hall–Kier alpha value is -2.56. The molecule has 0 unspecified atom stereocenters. The fourth-order valence-electron chi connectivity index (χ4n) is 2.13. The quantitative estimate of drug-likeness (QED) is 0.719. The van der Waals surface area contributed by atoms with Crippen molar-refractivity contribution >= 4 is 22.7 Å². The number of anilines is 2. The number of aromatic amines is 1. The highest BCUT2D eigenvalue weighted by Crippen LogP contribution is 2.20. The molecule has 3 aromatic rings. The Balaban J connectivity index is 1.84. The molecule has 2 aromatic carbocycles. The predicted octanol–water partition coefficient (Wildman–Crippen LogP) is 2.92. The number of nitrogens with two attached hydrogens (primary N) is 1. The number of rotatable bonds is 3. The van der Waals surface area contributed by atoms with Crippen LogP contribution in [-0.4, -0.2) is 17.0 Å². The van der Waals surface area contributed by atoms with Crippen molar-refractivity contribution in [2.24, 2.45) is 0 Å². The van der Waals surface area contributed by atoms with E-state index in [-0.39, 0.29) is 5.82 Å². The molecule has 3 N–H and O–H groups in total. The summed E-state index contributed by atoms with van der Waals surface area (Å²) < 4.78 is 12.9. The highest BCUT2D eigenvalue weighted by atomic mass is 19.1. The summed E-state index contributed by atoms with van der Waals surface area (Å²) in [6.45, 7) is 0.648. The van der Waals surface area contributed by atoms with E-state index in [1.54, 1.807) is 12.1 Å². The Labute approximate surface area is 116 Å². The number of halogens is 1. The first-order chi connectivity index (χ1) is 9.61. The van der Waals surface area contributed by atoms with Gasteiger partial charge in [-0.15, -0.1) is 0 Å². The topological polar surface area (TPSA) is 57.9 Å². The summed E-state index contributed by atoms with van der Waals surface area (Å²) in [6.07, 6.45) is 0. The molecule has 0 spiro atoms. The molecule has 0 bridgehead atoms. The van der Waals surface area contributed by atoms with Gasteiger partial charge in [0.1, 0.15) is 5.82 Å². The monoisotopic (exact) mass is 270 g/mol. The summed E-state index contributed by atoms with van der Waals surface area (Å²) >= 11 is 0. The molecule has 0 aliphatic heterocycles. The van der Waals surface area contributed by atoms with E-state index in [2.05, 4.69) is 9.97 Å². The molecule has 3 rings (SSSR count). The lowest BCUT2D eigenvalue weighted by molar-refractivity contribution is 0.627. The van der Waals surface area contributed by atoms with E-state index >= 15 is 0 Å². The zero-order valence-corrected chi connectivity index (χ0v) is 11.1. The summed E-state index contributed by atoms with van der Waals surface area (Å²) in [4.78, 5) is 9.71. The van der Waals surface area contributed by atoms with Gasteiger partial charge in [-0.25, -0.2) is 9.37 Å². The van der Waals surface area contributed by atoms with E-state index < -0.39 is 0 Å². The second kappa shape index (κ2) is 4.85. The first-order valence-corrected chi connectivity index (χ1v) is 6.32. The van der Waals surface area contributed by atoms with Crippen LogP contribution in [0.1, 0.15) is 5.56 Å². The third-order valence-corrected chi connectivity index (χ3v) is 3.19. The number of nitrogens with one attached hydrogen (secondary N) is 1. The summed E-state index contributed by atoms with van der Waals surface area (Å²) in [5.41, 5.74) is 9.26. The number of imidazole rings is 1. The van der Waals surface area contributed by atoms with Gasteiger partial charge in [-0.2, -0.15) is 0 Å². The van der Waals surface area contributed by atoms with Crippen LogP contribution in [0.15, 0.2) is 42.5 Å². The van der Waals surface area contributed by atoms with Gasteiger partial charge >= 0.3 is 0 Å². The number of hydrogen-bond acceptors (Lipinski definition) is 3. The van der Waals surface area contributed by atoms with Crippen LogP contribution in [0.3, 0.4) is 0 Å². The van der Waals surface area contributed by atoms with Crippen LogP contribution < -0.4 is 10.6 Å². The predicted molar refractivity (Wildman–Crippen MR) is 79.0 cm³/mol. The standard InChI is InChI=1S/C15H15FN4/c1-20(9-10-2-4-11(16)5-3-10)15-18-13-7-6-12(17)8-14(13)19-15/h2-8H,9,17H2,1H3,(H,18,19). The number of benzene rings is 2. The van der Waals surface area contributed by atoms with Crippen molar-refractivity contribution in [3.63, 3.8) is 0 Å². The molecule has 20 heavy (non-hydrogen) atoms. The number of aromatic nitrogens is 2. The van der Waals surface area contributed by atoms with Crippen LogP contribution in [0, 0.1) is 5.82 Å². The number of hydrogen-bond donors (Lipinski definition) is 2. The minimum Gasteiger partial charge on any atom is -0.399 e. The summed E-state index contributed by atoms with van der Waals surface area (Å²) in [5.74, 6) is 0.533. The van der Waals surface area contributed by atoms with Crippen molar-refractivity contribution in [1.29, 1.82) is 0 Å². The third kappa shape index (κ3) is 2.42. The Kier molecular flexibility index (Phi) is 3.02. The normalized spacial score (nSPS) is 10.9. The molecule has 1 aromatic heterocycles. The van der Waals surface area contributed by atoms with E-state index in [1.165, 1.54) is 12.1 Å². The Morgan fingerprint density at radius 3 is 2.70 bits per heavy atom. The van der Waals surface area contributed by atoms with Crippen molar-refractivity contribution in [2.45, 2.75) is 6.54 Å². The average Bonchev–Trinajstić information content (AvgIpc) is 2.84. The number of H-pyrrole nitrogens is 1. The van der Waals surface area contributed by atoms with Gasteiger partial charge < -0.3 is 15.6 Å². The Morgan fingerprint density at radius 2 is 1.95 bits per heavy atom. The molecule has 0 atom stereocenters. The molecule has 0 aliphatic rings. The highest BCUT2D eigenvalue weighted by Gasteiger charge is 2.08. The highest BCUT2D eigenvalue weighted by molar-refractivity contribution is 5.80. The fourth-order valence-corrected chi connectivity index (χ4v) is 2.13. The lowest BCUT2D eigenvalue weighted by Crippen LogP contribution is -2.17. The van der Waals surface area contributed by atoms with Crippen LogP contribution >= 0.6 is 0 Å². The van der Waals surface area contributed by atoms with Gasteiger partial charge in [0.2, 0.25) is 5.95 Å². The van der Waals surface area contributed by atoms with Gasteiger partial charge in [0.15, 0.2) is 0 Å². The molecular weight excluding hydrogens is 255 g/mol. The van der Waals surface area contributed by atoms with Crippen LogP contribution in [0.5, 0.6) is 0 Å². The van der Waals surface area contributed by atoms with E-state index in [0.29, 0.717) is 12.2 Å². The molecular formula is C15H15FN4. The van der Waals surface area contributed by atoms with Gasteiger partial charge in [-0.1, -0.05) is 12.1 Å². The lowest BCUT2D eigenvalue weighted by atomic mass is 10.2. The van der Waals surface area contributed by atoms with E-state index in [9.17, 15) is 4.39 Å². The minimum atomic E-state index is -0.226. The molecule has 102 valence electrons. The van der Waals surface area contributed by atoms with Gasteiger partial charge in [0.05, 0.1) is 11.0 Å². The molecule has 0 saturated carbocycles. The zero-order valence-electron chi connectivity index (χ0n) is 11.1. The van der Waals surface area contributed by atoms with E-state index in [1.807, 2.05) is 30.1 Å². The van der Waals surface area contributed by atoms with Crippen molar-refractivity contribution in [3.05, 3.63) is 53.8 Å². The lowest BCUT2D eigenvalue weighted by Gasteiger charge is -2.15. The van der Waals surface area contributed by atoms with Crippen LogP contribution in [-0.2, 0) is 6.54 Å². The smallest absolute Gasteiger partial charge is 0.203 e. The van der Waals surface area contributed by atoms with Gasteiger partial charge in [0, 0.05) is 19.3 Å². The van der Waals surface area contributed by atoms with Gasteiger partial charge in [-0.3, -0.25) is 0 Å². The average molecular weight is 270 g/mol. The van der Waals surface area contributed by atoms with E-state index in [4.69, 9.17) is 5.73 Å². The maximum atomic E-state index is 12.9. The van der Waals surface area contributed by atoms with Crippen LogP contribution in [0.25, 0.3) is 11.0 Å². The maximum Gasteiger partial charge on any atom is 0.203 e. The summed E-state index contributed by atoms with van der Waals surface area (Å²) in [7, 11) is 1.93. The molecule has 0 aliphatic carbocycles. The molecule has 0 fully saturated rings. The number of nitrogens with zero attached hydrogens (tertiary/aromatic N) is 2. The van der Waals surface area contributed by atoms with E-state index in [0.717, 1.165) is 22.5 Å². The first-order valence-electron chi connectivity index (χ1n) is 6.32. The first kappa shape index (κ1) is 12.5. The number of fused-ring (bicyclic) bond motifs is 1. The Morgan fingerprint density at radius 1 is 1.20 bits per heavy atom. The molecule has 4 nitrogen and oxygen atoms in total. The van der Waals surface area contributed by atoms with Crippen LogP contribution in [0.4, 0.5) is 16.0 Å². The molecule has 5 heteroatoms. The largest absolute Gasteiger partial charge is 0.399 e. The summed E-state index contributed by atoms with van der Waals surface area (Å²) in [6, 6.07) is 12.0. The van der Waals surface area contributed by atoms with Crippen molar-refractivity contribution in [1.82, 2.24) is 9.97 Å². The maximum absolute atomic E-state index is 12.9. The van der Waals surface area contributed by atoms with Gasteiger partial charge in [-0.05, 0) is 35.9 Å². The third-order valence-electron chi connectivity index (χ3n) is 3.19. The zero-order chi connectivity index (χ0) is 14.1. The molecule has 1 heterocycles. The summed E-state index contributed by atoms with van der Waals surface area (Å²) in [5, 5.41) is 0. The van der Waals surface area contributed by atoms with Crippen molar-refractivity contribution in [3.8, 4) is 0 Å². The SMILES string of the molecule is CN(Cc1ccc(F)cc1)c1nc2ccc(N)cc2[nH]1. The van der Waals surface area contributed by atoms with Crippen LogP contribution in [0.2, 0.25) is 0 Å². The molecule has 0 saturated heterocycles. The Bertz CT molecular complexity index is 733.